The van der Waals surface area contributed by atoms with Crippen LogP contribution in [0, 0.1) is 34.3 Å². The van der Waals surface area contributed by atoms with Crippen LogP contribution >= 0.6 is 0 Å². The smallest absolute Gasteiger partial charge is 0.243 e. The summed E-state index contributed by atoms with van der Waals surface area (Å²) in [5.74, 6) is -2.67. The Morgan fingerprint density at radius 2 is 2.03 bits per heavy atom. The summed E-state index contributed by atoms with van der Waals surface area (Å²) < 4.78 is 27.9. The highest BCUT2D eigenvalue weighted by atomic mass is 19.1. The Morgan fingerprint density at radius 3 is 2.64 bits per heavy atom. The molecule has 9 heteroatoms. The quantitative estimate of drug-likeness (QED) is 0.653. The highest BCUT2D eigenvalue weighted by molar-refractivity contribution is 5.88. The van der Waals surface area contributed by atoms with Crippen molar-refractivity contribution in [2.75, 3.05) is 13.1 Å². The number of hydrogen-bond acceptors (Lipinski definition) is 4. The first-order valence-corrected chi connectivity index (χ1v) is 11.3. The van der Waals surface area contributed by atoms with E-state index in [1.165, 1.54) is 11.0 Å². The number of carbonyl (C=O) groups is 3. The minimum absolute atomic E-state index is 0.108. The summed E-state index contributed by atoms with van der Waals surface area (Å²) in [5.41, 5.74) is -0.340. The van der Waals surface area contributed by atoms with E-state index in [4.69, 9.17) is 0 Å². The van der Waals surface area contributed by atoms with Gasteiger partial charge >= 0.3 is 0 Å². The monoisotopic (exact) mass is 460 g/mol. The molecule has 2 heterocycles. The maximum atomic E-state index is 13.9. The van der Waals surface area contributed by atoms with Crippen LogP contribution in [-0.2, 0) is 20.8 Å². The number of halogens is 2. The van der Waals surface area contributed by atoms with Crippen LogP contribution in [0.5, 0.6) is 0 Å². The Balaban J connectivity index is 1.68. The van der Waals surface area contributed by atoms with E-state index in [0.717, 1.165) is 12.1 Å². The maximum Gasteiger partial charge on any atom is 0.243 e. The molecule has 33 heavy (non-hydrogen) atoms. The van der Waals surface area contributed by atoms with Gasteiger partial charge in [-0.25, -0.2) is 8.78 Å². The number of carbonyl (C=O) groups excluding carboxylic acids is 3. The van der Waals surface area contributed by atoms with E-state index in [1.807, 2.05) is 19.9 Å². The zero-order chi connectivity index (χ0) is 24.2. The molecule has 0 aliphatic carbocycles. The van der Waals surface area contributed by atoms with Crippen LogP contribution < -0.4 is 10.6 Å². The molecule has 0 aromatic heterocycles. The lowest BCUT2D eigenvalue weighted by Gasteiger charge is -2.43. The second-order valence-corrected chi connectivity index (χ2v) is 9.62. The molecule has 1 aromatic rings. The van der Waals surface area contributed by atoms with Crippen LogP contribution in [0.2, 0.25) is 0 Å². The second kappa shape index (κ2) is 10.3. The van der Waals surface area contributed by atoms with Crippen LogP contribution in [0.4, 0.5) is 8.78 Å². The van der Waals surface area contributed by atoms with Gasteiger partial charge in [0.2, 0.25) is 17.7 Å². The molecule has 0 saturated carbocycles. The van der Waals surface area contributed by atoms with Crippen molar-refractivity contribution in [2.24, 2.45) is 11.3 Å². The summed E-state index contributed by atoms with van der Waals surface area (Å²) in [6.07, 6.45) is 1.67. The number of nitriles is 1. The second-order valence-electron chi connectivity index (χ2n) is 9.62. The summed E-state index contributed by atoms with van der Waals surface area (Å²) in [6, 6.07) is 3.97. The Morgan fingerprint density at radius 1 is 1.33 bits per heavy atom. The number of nitrogens with one attached hydrogen (secondary N) is 2. The third-order valence-corrected chi connectivity index (χ3v) is 6.58. The highest BCUT2D eigenvalue weighted by Gasteiger charge is 2.40. The largest absolute Gasteiger partial charge is 0.356 e. The Labute approximate surface area is 192 Å². The molecular formula is C24H30F2N4O3. The molecular weight excluding hydrogens is 430 g/mol. The molecule has 0 unspecified atom stereocenters. The van der Waals surface area contributed by atoms with Gasteiger partial charge in [-0.05, 0) is 49.7 Å². The molecule has 2 fully saturated rings. The fourth-order valence-electron chi connectivity index (χ4n) is 4.56. The first kappa shape index (κ1) is 24.6. The molecule has 2 aliphatic heterocycles. The molecule has 3 amide bonds. The van der Waals surface area contributed by atoms with Gasteiger partial charge in [-0.1, -0.05) is 19.9 Å². The van der Waals surface area contributed by atoms with Gasteiger partial charge < -0.3 is 15.5 Å². The van der Waals surface area contributed by atoms with Gasteiger partial charge in [0.15, 0.2) is 0 Å². The molecule has 7 nitrogen and oxygen atoms in total. The van der Waals surface area contributed by atoms with E-state index in [-0.39, 0.29) is 48.0 Å². The molecule has 2 aliphatic rings. The van der Waals surface area contributed by atoms with E-state index >= 15 is 0 Å². The van der Waals surface area contributed by atoms with Crippen LogP contribution in [0.25, 0.3) is 0 Å². The number of likely N-dealkylation sites (tertiary alicyclic amines) is 1. The minimum Gasteiger partial charge on any atom is -0.356 e. The molecule has 178 valence electrons. The van der Waals surface area contributed by atoms with Crippen molar-refractivity contribution in [3.8, 4) is 6.07 Å². The van der Waals surface area contributed by atoms with Gasteiger partial charge in [0.05, 0.1) is 6.07 Å². The van der Waals surface area contributed by atoms with E-state index in [2.05, 4.69) is 10.6 Å². The summed E-state index contributed by atoms with van der Waals surface area (Å²) in [6.45, 7) is 4.91. The Kier molecular flexibility index (Phi) is 7.67. The van der Waals surface area contributed by atoms with Crippen molar-refractivity contribution in [1.29, 1.82) is 5.26 Å². The summed E-state index contributed by atoms with van der Waals surface area (Å²) >= 11 is 0. The number of piperidine rings is 1. The van der Waals surface area contributed by atoms with Gasteiger partial charge in [-0.2, -0.15) is 5.26 Å². The van der Waals surface area contributed by atoms with E-state index in [1.54, 1.807) is 0 Å². The highest BCUT2D eigenvalue weighted by Crippen LogP contribution is 2.34. The van der Waals surface area contributed by atoms with Crippen LogP contribution in [0.15, 0.2) is 18.2 Å². The zero-order valence-corrected chi connectivity index (χ0v) is 19.0. The Bertz CT molecular complexity index is 939. The number of nitrogens with zero attached hydrogens (tertiary/aromatic N) is 2. The number of rotatable bonds is 7. The lowest BCUT2D eigenvalue weighted by Crippen LogP contribution is -2.56. The van der Waals surface area contributed by atoms with Crippen LogP contribution in [0.3, 0.4) is 0 Å². The average Bonchev–Trinajstić information content (AvgIpc) is 3.16. The summed E-state index contributed by atoms with van der Waals surface area (Å²) in [5, 5.41) is 14.9. The van der Waals surface area contributed by atoms with Gasteiger partial charge in [-0.3, -0.25) is 14.4 Å². The fourth-order valence-corrected chi connectivity index (χ4v) is 4.56. The number of amides is 3. The third-order valence-electron chi connectivity index (χ3n) is 6.58. The average molecular weight is 461 g/mol. The van der Waals surface area contributed by atoms with Crippen molar-refractivity contribution in [3.05, 3.63) is 35.4 Å². The van der Waals surface area contributed by atoms with Crippen molar-refractivity contribution < 1.29 is 23.2 Å². The maximum absolute atomic E-state index is 13.9. The molecule has 3 atom stereocenters. The summed E-state index contributed by atoms with van der Waals surface area (Å²) in [4.78, 5) is 39.4. The van der Waals surface area contributed by atoms with Crippen LogP contribution in [0.1, 0.15) is 51.5 Å². The van der Waals surface area contributed by atoms with Gasteiger partial charge in [-0.15, -0.1) is 0 Å². The van der Waals surface area contributed by atoms with Gasteiger partial charge in [0.25, 0.3) is 0 Å². The lowest BCUT2D eigenvalue weighted by atomic mass is 9.78. The molecule has 3 rings (SSSR count). The van der Waals surface area contributed by atoms with E-state index in [0.29, 0.717) is 32.4 Å². The molecule has 0 spiro atoms. The SMILES string of the molecule is CC1(C)CCN(C(=O)CCc2c(F)cccc2F)[C@H](C(=O)N[C@H](C#N)C[C@@H]2CCNC2=O)C1. The first-order chi connectivity index (χ1) is 15.6. The van der Waals surface area contributed by atoms with Crippen LogP contribution in [-0.4, -0.2) is 47.8 Å². The Hall–Kier alpha value is -3.02. The third kappa shape index (κ3) is 6.06. The van der Waals surface area contributed by atoms with Crippen molar-refractivity contribution in [2.45, 2.75) is 64.5 Å². The van der Waals surface area contributed by atoms with Gasteiger partial charge in [0.1, 0.15) is 23.7 Å². The molecule has 2 N–H and O–H groups in total. The number of hydrogen-bond donors (Lipinski definition) is 2. The molecule has 0 bridgehead atoms. The molecule has 1 aromatic carbocycles. The predicted octanol–water partition coefficient (Wildman–Crippen LogP) is 2.45. The van der Waals surface area contributed by atoms with E-state index in [9.17, 15) is 28.4 Å². The van der Waals surface area contributed by atoms with Crippen molar-refractivity contribution in [3.63, 3.8) is 0 Å². The summed E-state index contributed by atoms with van der Waals surface area (Å²) in [7, 11) is 0. The molecule has 0 radical (unpaired) electrons. The first-order valence-electron chi connectivity index (χ1n) is 11.3. The van der Waals surface area contributed by atoms with Gasteiger partial charge in [0, 0.05) is 31.0 Å². The van der Waals surface area contributed by atoms with E-state index < -0.39 is 29.6 Å². The topological polar surface area (TPSA) is 102 Å². The number of benzene rings is 1. The fraction of sp³-hybridized carbons (Fsp3) is 0.583. The minimum atomic E-state index is -0.846. The molecule has 2 saturated heterocycles. The lowest BCUT2D eigenvalue weighted by molar-refractivity contribution is -0.145. The zero-order valence-electron chi connectivity index (χ0n) is 19.0. The van der Waals surface area contributed by atoms with Crippen molar-refractivity contribution >= 4 is 17.7 Å². The predicted molar refractivity (Wildman–Crippen MR) is 116 cm³/mol. The standard InChI is InChI=1S/C24H30F2N4O3/c1-24(2)9-11-30(21(31)7-6-17-18(25)4-3-5-19(17)26)20(13-24)23(33)29-16(14-27)12-15-8-10-28-22(15)32/h3-5,15-16,20H,6-13H2,1-2H3,(H,28,32)(H,29,33)/t15-,16-,20-/m0/s1. The normalized spacial score (nSPS) is 22.9. The van der Waals surface area contributed by atoms with Crippen molar-refractivity contribution in [1.82, 2.24) is 15.5 Å².